The number of hydrogen-bond donors (Lipinski definition) is 0. The Morgan fingerprint density at radius 1 is 1.23 bits per heavy atom. The lowest BCUT2D eigenvalue weighted by molar-refractivity contribution is -0.129. The Balaban J connectivity index is 1.68. The molecular weight excluding hydrogens is 354 g/mol. The van der Waals surface area contributed by atoms with Crippen molar-refractivity contribution in [2.24, 2.45) is 0 Å². The van der Waals surface area contributed by atoms with Gasteiger partial charge in [0.05, 0.1) is 11.2 Å². The molecule has 1 aromatic heterocycles. The lowest BCUT2D eigenvalue weighted by Gasteiger charge is -2.39. The van der Waals surface area contributed by atoms with E-state index in [4.69, 9.17) is 20.9 Å². The summed E-state index contributed by atoms with van der Waals surface area (Å²) in [6.07, 6.45) is 3.51. The Kier molecular flexibility index (Phi) is 5.20. The van der Waals surface area contributed by atoms with Crippen LogP contribution in [0.15, 0.2) is 12.4 Å². The molecule has 7 nitrogen and oxygen atoms in total. The second-order valence-electron chi connectivity index (χ2n) is 7.92. The number of alkyl halides is 1. The zero-order valence-corrected chi connectivity index (χ0v) is 16.8. The summed E-state index contributed by atoms with van der Waals surface area (Å²) < 4.78 is 12.1. The van der Waals surface area contributed by atoms with Gasteiger partial charge in [-0.05, 0) is 34.6 Å². The molecule has 2 aliphatic rings. The highest BCUT2D eigenvalue weighted by molar-refractivity contribution is 6.61. The quantitative estimate of drug-likeness (QED) is 0.577. The molecule has 3 rings (SSSR count). The average Bonchev–Trinajstić information content (AvgIpc) is 2.82. The van der Waals surface area contributed by atoms with E-state index in [2.05, 4.69) is 21.8 Å². The maximum atomic E-state index is 11.8. The van der Waals surface area contributed by atoms with Crippen molar-refractivity contribution in [2.45, 2.75) is 51.9 Å². The Labute approximate surface area is 160 Å². The molecule has 0 aromatic carbocycles. The highest BCUT2D eigenvalue weighted by Gasteiger charge is 2.52. The summed E-state index contributed by atoms with van der Waals surface area (Å²) >= 11 is 5.65. The van der Waals surface area contributed by atoms with Crippen molar-refractivity contribution in [3.05, 3.63) is 12.4 Å². The highest BCUT2D eigenvalue weighted by atomic mass is 35.5. The van der Waals surface area contributed by atoms with Gasteiger partial charge in [-0.3, -0.25) is 4.79 Å². The smallest absolute Gasteiger partial charge is 0.399 e. The number of carbonyl (C=O) groups is 1. The van der Waals surface area contributed by atoms with E-state index < -0.39 is 18.3 Å². The summed E-state index contributed by atoms with van der Waals surface area (Å²) in [7, 11) is -0.468. The standard InChI is InChI=1S/C17H26BClN4O3/c1-12-11-22(14(24)8-19)6-7-23(12)15-20-9-13(10-21-15)18-25-16(2,3)17(4,5)26-18/h9-10,12H,6-8,11H2,1-5H3/t12-/m0/s1. The first-order valence-corrected chi connectivity index (χ1v) is 9.46. The summed E-state index contributed by atoms with van der Waals surface area (Å²) in [6.45, 7) is 12.1. The van der Waals surface area contributed by atoms with Gasteiger partial charge in [0.15, 0.2) is 0 Å². The third-order valence-electron chi connectivity index (χ3n) is 5.53. The van der Waals surface area contributed by atoms with Gasteiger partial charge >= 0.3 is 7.12 Å². The molecule has 2 aliphatic heterocycles. The molecule has 2 fully saturated rings. The van der Waals surface area contributed by atoms with E-state index in [1.165, 1.54) is 0 Å². The molecular formula is C17H26BClN4O3. The summed E-state index contributed by atoms with van der Waals surface area (Å²) in [5.41, 5.74) is 0.0164. The van der Waals surface area contributed by atoms with Crippen LogP contribution in [0.4, 0.5) is 5.95 Å². The van der Waals surface area contributed by atoms with E-state index in [9.17, 15) is 4.79 Å². The predicted octanol–water partition coefficient (Wildman–Crippen LogP) is 1.05. The van der Waals surface area contributed by atoms with Crippen molar-refractivity contribution < 1.29 is 14.1 Å². The van der Waals surface area contributed by atoms with Gasteiger partial charge in [-0.1, -0.05) is 0 Å². The van der Waals surface area contributed by atoms with Crippen molar-refractivity contribution in [3.8, 4) is 0 Å². The van der Waals surface area contributed by atoms with Gasteiger partial charge in [0.1, 0.15) is 5.88 Å². The molecule has 1 amide bonds. The molecule has 1 atom stereocenters. The van der Waals surface area contributed by atoms with E-state index in [-0.39, 0.29) is 17.8 Å². The summed E-state index contributed by atoms with van der Waals surface area (Å²) in [5, 5.41) is 0. The number of hydrogen-bond acceptors (Lipinski definition) is 6. The molecule has 9 heteroatoms. The average molecular weight is 381 g/mol. The van der Waals surface area contributed by atoms with Crippen LogP contribution in [0.1, 0.15) is 34.6 Å². The molecule has 0 N–H and O–H groups in total. The zero-order valence-electron chi connectivity index (χ0n) is 16.0. The first-order chi connectivity index (χ1) is 12.1. The van der Waals surface area contributed by atoms with Crippen LogP contribution in [0.25, 0.3) is 0 Å². The normalized spacial score (nSPS) is 24.8. The molecule has 142 valence electrons. The third kappa shape index (κ3) is 3.55. The molecule has 0 saturated carbocycles. The SMILES string of the molecule is C[C@H]1CN(C(=O)CCl)CCN1c1ncc(B2OC(C)(C)C(C)(C)O2)cn1. The first kappa shape index (κ1) is 19.4. The van der Waals surface area contributed by atoms with Crippen LogP contribution < -0.4 is 10.4 Å². The van der Waals surface area contributed by atoms with Gasteiger partial charge < -0.3 is 19.1 Å². The van der Waals surface area contributed by atoms with Crippen molar-refractivity contribution in [1.29, 1.82) is 0 Å². The minimum atomic E-state index is -0.468. The van der Waals surface area contributed by atoms with E-state index in [0.29, 0.717) is 25.6 Å². The fraction of sp³-hybridized carbons (Fsp3) is 0.706. The lowest BCUT2D eigenvalue weighted by Crippen LogP contribution is -2.54. The topological polar surface area (TPSA) is 67.8 Å². The van der Waals surface area contributed by atoms with Crippen LogP contribution in [0.2, 0.25) is 0 Å². The van der Waals surface area contributed by atoms with Crippen LogP contribution in [0.3, 0.4) is 0 Å². The Hall–Kier alpha value is -1.38. The summed E-state index contributed by atoms with van der Waals surface area (Å²) in [6, 6.07) is 0.124. The van der Waals surface area contributed by atoms with Gasteiger partial charge in [-0.15, -0.1) is 11.6 Å². The second-order valence-corrected chi connectivity index (χ2v) is 8.19. The first-order valence-electron chi connectivity index (χ1n) is 8.92. The van der Waals surface area contributed by atoms with Gasteiger partial charge in [0.2, 0.25) is 11.9 Å². The number of aromatic nitrogens is 2. The van der Waals surface area contributed by atoms with Crippen LogP contribution in [0.5, 0.6) is 0 Å². The zero-order chi connectivity index (χ0) is 19.1. The molecule has 0 unspecified atom stereocenters. The van der Waals surface area contributed by atoms with Crippen LogP contribution >= 0.6 is 11.6 Å². The largest absolute Gasteiger partial charge is 0.498 e. The van der Waals surface area contributed by atoms with Gasteiger partial charge in [0.25, 0.3) is 0 Å². The number of nitrogens with zero attached hydrogens (tertiary/aromatic N) is 4. The Morgan fingerprint density at radius 2 is 1.81 bits per heavy atom. The molecule has 0 spiro atoms. The number of halogens is 1. The molecule has 26 heavy (non-hydrogen) atoms. The number of amides is 1. The monoisotopic (exact) mass is 380 g/mol. The maximum absolute atomic E-state index is 11.8. The molecule has 0 radical (unpaired) electrons. The molecule has 3 heterocycles. The van der Waals surface area contributed by atoms with Crippen molar-refractivity contribution in [1.82, 2.24) is 14.9 Å². The summed E-state index contributed by atoms with van der Waals surface area (Å²) in [4.78, 5) is 24.7. The fourth-order valence-corrected chi connectivity index (χ4v) is 3.32. The fourth-order valence-electron chi connectivity index (χ4n) is 3.15. The number of piperazine rings is 1. The maximum Gasteiger partial charge on any atom is 0.498 e. The second kappa shape index (κ2) is 6.98. The van der Waals surface area contributed by atoms with E-state index >= 15 is 0 Å². The van der Waals surface area contributed by atoms with Gasteiger partial charge in [-0.2, -0.15) is 0 Å². The summed E-state index contributed by atoms with van der Waals surface area (Å²) in [5.74, 6) is 0.636. The molecule has 0 aliphatic carbocycles. The number of rotatable bonds is 3. The molecule has 1 aromatic rings. The minimum Gasteiger partial charge on any atom is -0.399 e. The predicted molar refractivity (Wildman–Crippen MR) is 102 cm³/mol. The molecule has 2 saturated heterocycles. The number of carbonyl (C=O) groups excluding carboxylic acids is 1. The van der Waals surface area contributed by atoms with Crippen LogP contribution in [0, 0.1) is 0 Å². The van der Waals surface area contributed by atoms with Gasteiger partial charge in [0, 0.05) is 43.5 Å². The Bertz CT molecular complexity index is 654. The van der Waals surface area contributed by atoms with Crippen molar-refractivity contribution >= 4 is 36.0 Å². The minimum absolute atomic E-state index is 0.0198. The van der Waals surface area contributed by atoms with Crippen molar-refractivity contribution in [2.75, 3.05) is 30.4 Å². The van der Waals surface area contributed by atoms with E-state index in [1.807, 2.05) is 27.7 Å². The van der Waals surface area contributed by atoms with E-state index in [1.54, 1.807) is 17.3 Å². The van der Waals surface area contributed by atoms with E-state index in [0.717, 1.165) is 5.46 Å². The van der Waals surface area contributed by atoms with Crippen LogP contribution in [-0.2, 0) is 14.1 Å². The lowest BCUT2D eigenvalue weighted by atomic mass is 9.81. The third-order valence-corrected chi connectivity index (χ3v) is 5.76. The Morgan fingerprint density at radius 3 is 2.31 bits per heavy atom. The number of anilines is 1. The van der Waals surface area contributed by atoms with Crippen LogP contribution in [-0.4, -0.2) is 70.7 Å². The van der Waals surface area contributed by atoms with Gasteiger partial charge in [-0.25, -0.2) is 9.97 Å². The van der Waals surface area contributed by atoms with Crippen molar-refractivity contribution in [3.63, 3.8) is 0 Å². The molecule has 0 bridgehead atoms. The highest BCUT2D eigenvalue weighted by Crippen LogP contribution is 2.36.